The summed E-state index contributed by atoms with van der Waals surface area (Å²) in [6.45, 7) is 2.36. The molecule has 6 N–H and O–H groups in total. The standard InChI is InChI=1S/C14H26O8/c1-3-5-9(17)14(22,10(18)6-4-2)13(21)12(20)11(19)8(16)7-15/h8,11-13,15-16,19-22H,3-7H2,1-2H3/t8-,11-,12+,13-/m1/s1. The molecule has 8 heteroatoms. The van der Waals surface area contributed by atoms with Crippen LogP contribution in [0.4, 0.5) is 0 Å². The summed E-state index contributed by atoms with van der Waals surface area (Å²) >= 11 is 0. The van der Waals surface area contributed by atoms with Gasteiger partial charge in [-0.2, -0.15) is 0 Å². The molecule has 0 aromatic rings. The summed E-state index contributed by atoms with van der Waals surface area (Å²) in [7, 11) is 0. The zero-order chi connectivity index (χ0) is 17.5. The van der Waals surface area contributed by atoms with Crippen molar-refractivity contribution in [3.63, 3.8) is 0 Å². The summed E-state index contributed by atoms with van der Waals surface area (Å²) in [5.41, 5.74) is -2.86. The van der Waals surface area contributed by atoms with Crippen LogP contribution in [0, 0.1) is 0 Å². The van der Waals surface area contributed by atoms with Gasteiger partial charge in [0.1, 0.15) is 24.4 Å². The van der Waals surface area contributed by atoms with Crippen molar-refractivity contribution in [1.82, 2.24) is 0 Å². The lowest BCUT2D eigenvalue weighted by atomic mass is 9.79. The average molecular weight is 322 g/mol. The molecule has 0 amide bonds. The normalized spacial score (nSPS) is 17.6. The lowest BCUT2D eigenvalue weighted by Crippen LogP contribution is -2.63. The SMILES string of the molecule is CCCC(=O)C(O)(C(=O)CCC)[C@H](O)[C@@H](O)[C@H](O)[C@H](O)CO. The van der Waals surface area contributed by atoms with Crippen LogP contribution in [0.25, 0.3) is 0 Å². The van der Waals surface area contributed by atoms with Crippen LogP contribution in [0.2, 0.25) is 0 Å². The van der Waals surface area contributed by atoms with Gasteiger partial charge in [-0.1, -0.05) is 13.8 Å². The quantitative estimate of drug-likeness (QED) is 0.236. The highest BCUT2D eigenvalue weighted by molar-refractivity contribution is 6.10. The molecule has 0 aliphatic carbocycles. The van der Waals surface area contributed by atoms with Crippen molar-refractivity contribution in [3.05, 3.63) is 0 Å². The Morgan fingerprint density at radius 2 is 1.32 bits per heavy atom. The summed E-state index contributed by atoms with van der Waals surface area (Å²) in [5.74, 6) is -1.93. The number of carbonyl (C=O) groups excluding carboxylic acids is 2. The van der Waals surface area contributed by atoms with Crippen LogP contribution >= 0.6 is 0 Å². The fourth-order valence-electron chi connectivity index (χ4n) is 2.09. The van der Waals surface area contributed by atoms with Gasteiger partial charge in [0.2, 0.25) is 5.60 Å². The molecule has 0 fully saturated rings. The maximum atomic E-state index is 12.1. The molecular formula is C14H26O8. The van der Waals surface area contributed by atoms with Gasteiger partial charge >= 0.3 is 0 Å². The van der Waals surface area contributed by atoms with Gasteiger partial charge < -0.3 is 30.6 Å². The molecule has 0 spiro atoms. The Balaban J connectivity index is 5.49. The molecule has 0 heterocycles. The first-order valence-corrected chi connectivity index (χ1v) is 7.30. The molecule has 8 nitrogen and oxygen atoms in total. The van der Waals surface area contributed by atoms with Crippen molar-refractivity contribution < 1.29 is 40.2 Å². The number of ketones is 2. The Labute approximate surface area is 129 Å². The molecular weight excluding hydrogens is 296 g/mol. The highest BCUT2D eigenvalue weighted by Crippen LogP contribution is 2.24. The van der Waals surface area contributed by atoms with Gasteiger partial charge in [0.25, 0.3) is 0 Å². The van der Waals surface area contributed by atoms with Gasteiger partial charge in [-0.3, -0.25) is 9.59 Å². The minimum Gasteiger partial charge on any atom is -0.394 e. The predicted octanol–water partition coefficient (Wildman–Crippen LogP) is -2.11. The first kappa shape index (κ1) is 21.1. The predicted molar refractivity (Wildman–Crippen MR) is 75.9 cm³/mol. The Hall–Kier alpha value is -0.900. The van der Waals surface area contributed by atoms with Crippen LogP contribution in [-0.4, -0.2) is 78.8 Å². The second-order valence-corrected chi connectivity index (χ2v) is 5.29. The minimum absolute atomic E-state index is 0.200. The van der Waals surface area contributed by atoms with E-state index in [0.29, 0.717) is 12.8 Å². The largest absolute Gasteiger partial charge is 0.394 e. The second kappa shape index (κ2) is 9.29. The lowest BCUT2D eigenvalue weighted by molar-refractivity contribution is -0.187. The fourth-order valence-corrected chi connectivity index (χ4v) is 2.09. The molecule has 0 saturated carbocycles. The molecule has 0 bridgehead atoms. The molecule has 0 unspecified atom stereocenters. The van der Waals surface area contributed by atoms with Crippen molar-refractivity contribution in [1.29, 1.82) is 0 Å². The molecule has 0 aromatic heterocycles. The Morgan fingerprint density at radius 3 is 1.64 bits per heavy atom. The molecule has 0 rings (SSSR count). The molecule has 0 aliphatic rings. The average Bonchev–Trinajstić information content (AvgIpc) is 2.51. The number of carbonyl (C=O) groups is 2. The number of aliphatic hydroxyl groups excluding tert-OH is 5. The van der Waals surface area contributed by atoms with Crippen molar-refractivity contribution in [2.75, 3.05) is 6.61 Å². The van der Waals surface area contributed by atoms with Crippen LogP contribution in [0.5, 0.6) is 0 Å². The molecule has 0 aliphatic heterocycles. The number of hydrogen-bond acceptors (Lipinski definition) is 8. The summed E-state index contributed by atoms with van der Waals surface area (Å²) in [5, 5.41) is 57.9. The van der Waals surface area contributed by atoms with Crippen LogP contribution in [0.1, 0.15) is 39.5 Å². The molecule has 0 radical (unpaired) electrons. The molecule has 4 atom stereocenters. The van der Waals surface area contributed by atoms with E-state index in [-0.39, 0.29) is 12.8 Å². The van der Waals surface area contributed by atoms with Gasteiger partial charge in [0, 0.05) is 12.8 Å². The first-order valence-electron chi connectivity index (χ1n) is 7.30. The Kier molecular flexibility index (Phi) is 8.91. The summed E-state index contributed by atoms with van der Waals surface area (Å²) in [6, 6.07) is 0. The minimum atomic E-state index is -2.86. The van der Waals surface area contributed by atoms with Crippen molar-refractivity contribution in [2.24, 2.45) is 0 Å². The maximum Gasteiger partial charge on any atom is 0.209 e. The number of rotatable bonds is 11. The van der Waals surface area contributed by atoms with Crippen LogP contribution in [-0.2, 0) is 9.59 Å². The van der Waals surface area contributed by atoms with E-state index in [9.17, 15) is 35.1 Å². The van der Waals surface area contributed by atoms with Gasteiger partial charge in [0.15, 0.2) is 11.6 Å². The molecule has 0 saturated heterocycles. The number of hydrogen-bond donors (Lipinski definition) is 6. The monoisotopic (exact) mass is 322 g/mol. The third kappa shape index (κ3) is 4.55. The zero-order valence-corrected chi connectivity index (χ0v) is 12.8. The number of aliphatic hydroxyl groups is 6. The van der Waals surface area contributed by atoms with Gasteiger partial charge in [0.05, 0.1) is 6.61 Å². The Morgan fingerprint density at radius 1 is 0.909 bits per heavy atom. The highest BCUT2D eigenvalue weighted by atomic mass is 16.4. The van der Waals surface area contributed by atoms with Crippen LogP contribution in [0.3, 0.4) is 0 Å². The third-order valence-corrected chi connectivity index (χ3v) is 3.49. The maximum absolute atomic E-state index is 12.1. The van der Waals surface area contributed by atoms with Crippen LogP contribution < -0.4 is 0 Å². The van der Waals surface area contributed by atoms with Gasteiger partial charge in [-0.05, 0) is 12.8 Å². The zero-order valence-electron chi connectivity index (χ0n) is 12.8. The third-order valence-electron chi connectivity index (χ3n) is 3.49. The van der Waals surface area contributed by atoms with Gasteiger partial charge in [-0.25, -0.2) is 0 Å². The van der Waals surface area contributed by atoms with E-state index in [1.807, 2.05) is 0 Å². The lowest BCUT2D eigenvalue weighted by Gasteiger charge is -2.35. The fraction of sp³-hybridized carbons (Fsp3) is 0.857. The molecule has 0 aromatic carbocycles. The van der Waals surface area contributed by atoms with Crippen molar-refractivity contribution >= 4 is 11.6 Å². The summed E-state index contributed by atoms with van der Waals surface area (Å²) < 4.78 is 0. The smallest absolute Gasteiger partial charge is 0.209 e. The summed E-state index contributed by atoms with van der Waals surface area (Å²) in [6.07, 6.45) is -8.11. The van der Waals surface area contributed by atoms with E-state index in [2.05, 4.69) is 0 Å². The topological polar surface area (TPSA) is 156 Å². The first-order chi connectivity index (χ1) is 10.2. The number of Topliss-reactive ketones (excluding diaryl/α,β-unsaturated/α-hetero) is 2. The second-order valence-electron chi connectivity index (χ2n) is 5.29. The highest BCUT2D eigenvalue weighted by Gasteiger charge is 2.52. The van der Waals surface area contributed by atoms with E-state index in [0.717, 1.165) is 0 Å². The van der Waals surface area contributed by atoms with E-state index in [1.165, 1.54) is 0 Å². The Bertz CT molecular complexity index is 352. The summed E-state index contributed by atoms with van der Waals surface area (Å²) in [4.78, 5) is 24.1. The van der Waals surface area contributed by atoms with E-state index in [4.69, 9.17) is 5.11 Å². The van der Waals surface area contributed by atoms with E-state index >= 15 is 0 Å². The van der Waals surface area contributed by atoms with Crippen molar-refractivity contribution in [3.8, 4) is 0 Å². The van der Waals surface area contributed by atoms with Crippen LogP contribution in [0.15, 0.2) is 0 Å². The molecule has 130 valence electrons. The van der Waals surface area contributed by atoms with Gasteiger partial charge in [-0.15, -0.1) is 0 Å². The van der Waals surface area contributed by atoms with Crippen molar-refractivity contribution in [2.45, 2.75) is 69.5 Å². The molecule has 22 heavy (non-hydrogen) atoms. The van der Waals surface area contributed by atoms with E-state index < -0.39 is 48.2 Å². The van der Waals surface area contributed by atoms with E-state index in [1.54, 1.807) is 13.8 Å².